The summed E-state index contributed by atoms with van der Waals surface area (Å²) in [6, 6.07) is 1.42. The highest BCUT2D eigenvalue weighted by Crippen LogP contribution is 2.10. The van der Waals surface area contributed by atoms with Crippen molar-refractivity contribution in [2.24, 2.45) is 0 Å². The Morgan fingerprint density at radius 1 is 1.45 bits per heavy atom. The Morgan fingerprint density at radius 2 is 2.05 bits per heavy atom. The second-order valence-corrected chi connectivity index (χ2v) is 7.24. The Bertz CT molecular complexity index is 578. The third-order valence-electron chi connectivity index (χ3n) is 3.01. The van der Waals surface area contributed by atoms with Gasteiger partial charge in [-0.1, -0.05) is 0 Å². The van der Waals surface area contributed by atoms with Crippen molar-refractivity contribution in [2.75, 3.05) is 26.4 Å². The second kappa shape index (κ2) is 6.36. The summed E-state index contributed by atoms with van der Waals surface area (Å²) < 4.78 is 25.9. The van der Waals surface area contributed by atoms with Crippen LogP contribution in [0.15, 0.2) is 6.07 Å². The summed E-state index contributed by atoms with van der Waals surface area (Å²) in [4.78, 5) is 12.0. The molecule has 114 valence electrons. The number of aryl methyl sites for hydroxylation is 2. The molecule has 0 aliphatic heterocycles. The van der Waals surface area contributed by atoms with Crippen molar-refractivity contribution in [1.29, 1.82) is 0 Å². The quantitative estimate of drug-likeness (QED) is 0.806. The van der Waals surface area contributed by atoms with Gasteiger partial charge in [0.05, 0.1) is 11.4 Å². The Labute approximate surface area is 120 Å². The van der Waals surface area contributed by atoms with Crippen LogP contribution < -0.4 is 5.32 Å². The highest BCUT2D eigenvalue weighted by Gasteiger charge is 2.19. The van der Waals surface area contributed by atoms with Gasteiger partial charge in [-0.05, 0) is 26.8 Å². The van der Waals surface area contributed by atoms with Crippen molar-refractivity contribution < 1.29 is 13.2 Å². The predicted molar refractivity (Wildman–Crippen MR) is 76.9 cm³/mol. The summed E-state index contributed by atoms with van der Waals surface area (Å²) in [5, 5.41) is 6.87. The standard InChI is InChI=1S/C12H22N4O3S/c1-9-8-10(2)16(14-9)11(3)12(17)13-6-7-20(18,19)15(4)5/h8,11H,6-7H2,1-5H3,(H,13,17)/t11-/m1/s1. The monoisotopic (exact) mass is 302 g/mol. The molecule has 1 amide bonds. The molecule has 0 saturated heterocycles. The van der Waals surface area contributed by atoms with Gasteiger partial charge in [-0.2, -0.15) is 5.10 Å². The van der Waals surface area contributed by atoms with Gasteiger partial charge in [0.2, 0.25) is 15.9 Å². The molecule has 0 radical (unpaired) electrons. The van der Waals surface area contributed by atoms with Gasteiger partial charge in [0.1, 0.15) is 6.04 Å². The van der Waals surface area contributed by atoms with Crippen molar-refractivity contribution in [2.45, 2.75) is 26.8 Å². The average Bonchev–Trinajstić information content (AvgIpc) is 2.66. The van der Waals surface area contributed by atoms with Crippen LogP contribution in [0.25, 0.3) is 0 Å². The zero-order chi connectivity index (χ0) is 15.5. The molecule has 0 aliphatic rings. The number of aromatic nitrogens is 2. The van der Waals surface area contributed by atoms with Crippen LogP contribution in [-0.4, -0.2) is 54.8 Å². The molecule has 1 aromatic rings. The Morgan fingerprint density at radius 3 is 2.50 bits per heavy atom. The topological polar surface area (TPSA) is 84.3 Å². The Kier molecular flexibility index (Phi) is 5.29. The van der Waals surface area contributed by atoms with Crippen molar-refractivity contribution >= 4 is 15.9 Å². The van der Waals surface area contributed by atoms with Gasteiger partial charge in [-0.15, -0.1) is 0 Å². The summed E-state index contributed by atoms with van der Waals surface area (Å²) in [6.45, 7) is 5.55. The van der Waals surface area contributed by atoms with E-state index in [9.17, 15) is 13.2 Å². The summed E-state index contributed by atoms with van der Waals surface area (Å²) >= 11 is 0. The second-order valence-electron chi connectivity index (χ2n) is 4.94. The van der Waals surface area contributed by atoms with Crippen LogP contribution in [0, 0.1) is 13.8 Å². The van der Waals surface area contributed by atoms with E-state index in [1.807, 2.05) is 19.9 Å². The van der Waals surface area contributed by atoms with Crippen LogP contribution >= 0.6 is 0 Å². The molecular weight excluding hydrogens is 280 g/mol. The number of hydrogen-bond acceptors (Lipinski definition) is 4. The lowest BCUT2D eigenvalue weighted by Gasteiger charge is -2.15. The van der Waals surface area contributed by atoms with Gasteiger partial charge >= 0.3 is 0 Å². The van der Waals surface area contributed by atoms with Crippen LogP contribution in [0.2, 0.25) is 0 Å². The molecule has 0 unspecified atom stereocenters. The van der Waals surface area contributed by atoms with Crippen LogP contribution in [0.4, 0.5) is 0 Å². The molecule has 1 atom stereocenters. The lowest BCUT2D eigenvalue weighted by molar-refractivity contribution is -0.124. The van der Waals surface area contributed by atoms with E-state index >= 15 is 0 Å². The van der Waals surface area contributed by atoms with E-state index in [2.05, 4.69) is 10.4 Å². The lowest BCUT2D eigenvalue weighted by atomic mass is 10.3. The van der Waals surface area contributed by atoms with E-state index in [0.717, 1.165) is 15.7 Å². The number of sulfonamides is 1. The maximum Gasteiger partial charge on any atom is 0.244 e. The highest BCUT2D eigenvalue weighted by molar-refractivity contribution is 7.89. The Hall–Kier alpha value is -1.41. The number of rotatable bonds is 6. The zero-order valence-electron chi connectivity index (χ0n) is 12.5. The number of carbonyl (C=O) groups excluding carboxylic acids is 1. The SMILES string of the molecule is Cc1cc(C)n([C@H](C)C(=O)NCCS(=O)(=O)N(C)C)n1. The van der Waals surface area contributed by atoms with Gasteiger partial charge in [-0.3, -0.25) is 9.48 Å². The third-order valence-corrected chi connectivity index (χ3v) is 4.84. The summed E-state index contributed by atoms with van der Waals surface area (Å²) in [5.74, 6) is -0.361. The van der Waals surface area contributed by atoms with E-state index in [0.29, 0.717) is 0 Å². The first-order valence-electron chi connectivity index (χ1n) is 6.36. The van der Waals surface area contributed by atoms with Crippen LogP contribution in [-0.2, 0) is 14.8 Å². The number of amides is 1. The summed E-state index contributed by atoms with van der Waals surface area (Å²) in [5.41, 5.74) is 1.74. The number of carbonyl (C=O) groups is 1. The molecule has 20 heavy (non-hydrogen) atoms. The van der Waals surface area contributed by atoms with E-state index in [1.165, 1.54) is 14.1 Å². The minimum atomic E-state index is -3.29. The largest absolute Gasteiger partial charge is 0.353 e. The van der Waals surface area contributed by atoms with Crippen molar-refractivity contribution in [3.63, 3.8) is 0 Å². The van der Waals surface area contributed by atoms with E-state index < -0.39 is 16.1 Å². The molecule has 1 heterocycles. The Balaban J connectivity index is 2.58. The molecule has 1 N–H and O–H groups in total. The molecule has 1 aromatic heterocycles. The van der Waals surface area contributed by atoms with Gasteiger partial charge in [-0.25, -0.2) is 12.7 Å². The van der Waals surface area contributed by atoms with Crippen molar-refractivity contribution in [3.8, 4) is 0 Å². The fourth-order valence-corrected chi connectivity index (χ4v) is 2.51. The highest BCUT2D eigenvalue weighted by atomic mass is 32.2. The van der Waals surface area contributed by atoms with Crippen LogP contribution in [0.3, 0.4) is 0 Å². The minimum absolute atomic E-state index is 0.0863. The van der Waals surface area contributed by atoms with E-state index in [-0.39, 0.29) is 18.2 Å². The summed E-state index contributed by atoms with van der Waals surface area (Å²) in [7, 11) is -0.356. The lowest BCUT2D eigenvalue weighted by Crippen LogP contribution is -2.37. The maximum absolute atomic E-state index is 12.0. The molecule has 0 aromatic carbocycles. The first kappa shape index (κ1) is 16.6. The van der Waals surface area contributed by atoms with Gasteiger partial charge in [0.15, 0.2) is 0 Å². The molecule has 8 heteroatoms. The maximum atomic E-state index is 12.0. The predicted octanol–water partition coefficient (Wildman–Crippen LogP) is 0.0685. The molecule has 0 saturated carbocycles. The zero-order valence-corrected chi connectivity index (χ0v) is 13.4. The molecule has 1 rings (SSSR count). The number of nitrogens with zero attached hydrogens (tertiary/aromatic N) is 3. The number of nitrogens with one attached hydrogen (secondary N) is 1. The van der Waals surface area contributed by atoms with Crippen molar-refractivity contribution in [3.05, 3.63) is 17.5 Å². The summed E-state index contributed by atoms with van der Waals surface area (Å²) in [6.07, 6.45) is 0. The molecule has 7 nitrogen and oxygen atoms in total. The third kappa shape index (κ3) is 4.04. The molecule has 0 fully saturated rings. The molecule has 0 aliphatic carbocycles. The van der Waals surface area contributed by atoms with Gasteiger partial charge in [0, 0.05) is 26.3 Å². The smallest absolute Gasteiger partial charge is 0.244 e. The minimum Gasteiger partial charge on any atom is -0.353 e. The van der Waals surface area contributed by atoms with E-state index in [1.54, 1.807) is 11.6 Å². The normalized spacial score (nSPS) is 13.5. The van der Waals surface area contributed by atoms with Crippen molar-refractivity contribution in [1.82, 2.24) is 19.4 Å². The van der Waals surface area contributed by atoms with Gasteiger partial charge in [0.25, 0.3) is 0 Å². The molecule has 0 bridgehead atoms. The average molecular weight is 302 g/mol. The van der Waals surface area contributed by atoms with Gasteiger partial charge < -0.3 is 5.32 Å². The fraction of sp³-hybridized carbons (Fsp3) is 0.667. The van der Waals surface area contributed by atoms with Crippen LogP contribution in [0.1, 0.15) is 24.4 Å². The molecular formula is C12H22N4O3S. The van der Waals surface area contributed by atoms with E-state index in [4.69, 9.17) is 0 Å². The fourth-order valence-electron chi connectivity index (χ4n) is 1.78. The molecule has 0 spiro atoms. The van der Waals surface area contributed by atoms with Crippen LogP contribution in [0.5, 0.6) is 0 Å². The number of hydrogen-bond donors (Lipinski definition) is 1. The first-order valence-corrected chi connectivity index (χ1v) is 7.96. The first-order chi connectivity index (χ1) is 9.15.